The maximum absolute atomic E-state index is 11.7. The van der Waals surface area contributed by atoms with Gasteiger partial charge in [-0.3, -0.25) is 0 Å². The van der Waals surface area contributed by atoms with Crippen LogP contribution in [0.4, 0.5) is 0 Å². The van der Waals surface area contributed by atoms with Crippen LogP contribution in [0.15, 0.2) is 35.5 Å². The van der Waals surface area contributed by atoms with E-state index in [9.17, 15) is 8.42 Å². The Hall–Kier alpha value is -0.830. The first-order valence-electron chi connectivity index (χ1n) is 5.45. The second kappa shape index (κ2) is 2.29. The van der Waals surface area contributed by atoms with Crippen LogP contribution in [0.2, 0.25) is 0 Å². The van der Waals surface area contributed by atoms with Gasteiger partial charge in [0.2, 0.25) is 0 Å². The maximum Gasteiger partial charge on any atom is 0.157 e. The van der Waals surface area contributed by atoms with Gasteiger partial charge in [0, 0.05) is 11.8 Å². The quantitative estimate of drug-likeness (QED) is 0.577. The summed E-state index contributed by atoms with van der Waals surface area (Å²) in [5.74, 6) is 2.66. The Morgan fingerprint density at radius 2 is 1.33 bits per heavy atom. The van der Waals surface area contributed by atoms with E-state index >= 15 is 0 Å². The molecule has 1 aliphatic heterocycles. The van der Waals surface area contributed by atoms with Crippen molar-refractivity contribution >= 4 is 9.84 Å². The van der Waals surface area contributed by atoms with Gasteiger partial charge < -0.3 is 0 Å². The minimum Gasteiger partial charge on any atom is -0.228 e. The van der Waals surface area contributed by atoms with Gasteiger partial charge in [0.25, 0.3) is 0 Å². The van der Waals surface area contributed by atoms with Crippen LogP contribution in [-0.2, 0) is 9.84 Å². The molecular formula is C12H12O2S. The molecule has 0 aromatic rings. The van der Waals surface area contributed by atoms with Crippen LogP contribution >= 0.6 is 0 Å². The first-order chi connectivity index (χ1) is 7.16. The summed E-state index contributed by atoms with van der Waals surface area (Å²) in [4.78, 5) is 0. The van der Waals surface area contributed by atoms with Crippen molar-refractivity contribution in [3.63, 3.8) is 0 Å². The lowest BCUT2D eigenvalue weighted by molar-refractivity contribution is 0.271. The van der Waals surface area contributed by atoms with Gasteiger partial charge in [-0.2, -0.15) is 0 Å². The molecule has 0 aromatic carbocycles. The SMILES string of the molecule is O=S1(=O)CC2=C(C1)[C@@H]1C=C[C@H]2[C@H]2C=C[C@@H]21. The Balaban J connectivity index is 1.88. The minimum atomic E-state index is -2.82. The summed E-state index contributed by atoms with van der Waals surface area (Å²) in [5, 5.41) is 0. The summed E-state index contributed by atoms with van der Waals surface area (Å²) < 4.78 is 23.3. The zero-order valence-electron chi connectivity index (χ0n) is 8.26. The molecule has 15 heavy (non-hydrogen) atoms. The van der Waals surface area contributed by atoms with Crippen molar-refractivity contribution in [2.75, 3.05) is 11.5 Å². The Morgan fingerprint density at radius 3 is 1.73 bits per heavy atom. The zero-order chi connectivity index (χ0) is 10.2. The third kappa shape index (κ3) is 0.882. The highest BCUT2D eigenvalue weighted by Gasteiger charge is 2.50. The lowest BCUT2D eigenvalue weighted by Gasteiger charge is -2.48. The highest BCUT2D eigenvalue weighted by molar-refractivity contribution is 7.92. The van der Waals surface area contributed by atoms with Crippen LogP contribution in [0.25, 0.3) is 0 Å². The average molecular weight is 220 g/mol. The lowest BCUT2D eigenvalue weighted by Crippen LogP contribution is -2.40. The van der Waals surface area contributed by atoms with Crippen molar-refractivity contribution < 1.29 is 8.42 Å². The van der Waals surface area contributed by atoms with Crippen LogP contribution < -0.4 is 0 Å². The van der Waals surface area contributed by atoms with Gasteiger partial charge in [0.05, 0.1) is 11.5 Å². The molecule has 78 valence electrons. The van der Waals surface area contributed by atoms with Gasteiger partial charge >= 0.3 is 0 Å². The monoisotopic (exact) mass is 220 g/mol. The third-order valence-corrected chi connectivity index (χ3v) is 5.82. The first kappa shape index (κ1) is 8.34. The average Bonchev–Trinajstić information content (AvgIpc) is 2.42. The second-order valence-corrected chi connectivity index (χ2v) is 7.12. The Kier molecular flexibility index (Phi) is 1.27. The van der Waals surface area contributed by atoms with E-state index < -0.39 is 9.84 Å². The van der Waals surface area contributed by atoms with E-state index in [1.807, 2.05) is 0 Å². The Morgan fingerprint density at radius 1 is 0.867 bits per heavy atom. The number of sulfone groups is 1. The molecule has 4 atom stereocenters. The molecule has 0 aromatic heterocycles. The van der Waals surface area contributed by atoms with E-state index in [0.29, 0.717) is 35.2 Å². The van der Waals surface area contributed by atoms with Crippen molar-refractivity contribution in [1.29, 1.82) is 0 Å². The Labute approximate surface area is 89.3 Å². The number of allylic oxidation sites excluding steroid dienone is 4. The van der Waals surface area contributed by atoms with Crippen molar-refractivity contribution in [1.82, 2.24) is 0 Å². The van der Waals surface area contributed by atoms with E-state index in [1.165, 1.54) is 11.1 Å². The molecule has 0 amide bonds. The molecule has 2 nitrogen and oxygen atoms in total. The van der Waals surface area contributed by atoms with Crippen molar-refractivity contribution in [3.8, 4) is 0 Å². The van der Waals surface area contributed by atoms with E-state index in [1.54, 1.807) is 0 Å². The fourth-order valence-electron chi connectivity index (χ4n) is 3.61. The van der Waals surface area contributed by atoms with Crippen molar-refractivity contribution in [2.45, 2.75) is 0 Å². The van der Waals surface area contributed by atoms with E-state index in [2.05, 4.69) is 24.3 Å². The summed E-state index contributed by atoms with van der Waals surface area (Å²) in [5.41, 5.74) is 2.46. The van der Waals surface area contributed by atoms with Crippen LogP contribution in [0, 0.1) is 23.7 Å². The predicted molar refractivity (Wildman–Crippen MR) is 57.9 cm³/mol. The van der Waals surface area contributed by atoms with Crippen LogP contribution in [0.5, 0.6) is 0 Å². The van der Waals surface area contributed by atoms with Gasteiger partial charge in [0.15, 0.2) is 9.84 Å². The highest BCUT2D eigenvalue weighted by Crippen LogP contribution is 2.55. The molecule has 0 spiro atoms. The lowest BCUT2D eigenvalue weighted by atomic mass is 9.56. The Bertz CT molecular complexity index is 496. The largest absolute Gasteiger partial charge is 0.228 e. The van der Waals surface area contributed by atoms with Gasteiger partial charge in [-0.05, 0) is 23.0 Å². The summed E-state index contributed by atoms with van der Waals surface area (Å²) in [7, 11) is -2.82. The molecule has 5 aliphatic rings. The molecule has 0 fully saturated rings. The normalized spacial score (nSPS) is 47.7. The summed E-state index contributed by atoms with van der Waals surface area (Å²) in [6.07, 6.45) is 8.96. The fraction of sp³-hybridized carbons (Fsp3) is 0.500. The number of rotatable bonds is 0. The molecule has 0 radical (unpaired) electrons. The molecule has 0 saturated heterocycles. The maximum atomic E-state index is 11.7. The third-order valence-electron chi connectivity index (χ3n) is 4.32. The van der Waals surface area contributed by atoms with Crippen molar-refractivity contribution in [3.05, 3.63) is 35.5 Å². The molecule has 5 rings (SSSR count). The van der Waals surface area contributed by atoms with Crippen LogP contribution in [0.1, 0.15) is 0 Å². The summed E-state index contributed by atoms with van der Waals surface area (Å²) >= 11 is 0. The molecule has 0 saturated carbocycles. The minimum absolute atomic E-state index is 0.324. The van der Waals surface area contributed by atoms with Gasteiger partial charge in [-0.15, -0.1) is 0 Å². The molecule has 2 bridgehead atoms. The van der Waals surface area contributed by atoms with Crippen molar-refractivity contribution in [2.24, 2.45) is 23.7 Å². The van der Waals surface area contributed by atoms with Crippen LogP contribution in [0.3, 0.4) is 0 Å². The van der Waals surface area contributed by atoms with E-state index in [0.717, 1.165) is 0 Å². The van der Waals surface area contributed by atoms with E-state index in [4.69, 9.17) is 0 Å². The highest BCUT2D eigenvalue weighted by atomic mass is 32.2. The summed E-state index contributed by atoms with van der Waals surface area (Å²) in [6, 6.07) is 0. The molecular weight excluding hydrogens is 208 g/mol. The van der Waals surface area contributed by atoms with E-state index in [-0.39, 0.29) is 0 Å². The molecule has 4 aliphatic carbocycles. The van der Waals surface area contributed by atoms with Gasteiger partial charge in [-0.1, -0.05) is 24.3 Å². The molecule has 0 unspecified atom stereocenters. The number of hydrogen-bond donors (Lipinski definition) is 0. The molecule has 1 heterocycles. The standard InChI is InChI=1S/C12H12O2S/c13-15(14)5-11-9-3-4-10(12(11)6-15)8-2-1-7(8)9/h1-4,7-10H,5-6H2/t7-,8-,9-,10+/m0/s1. The van der Waals surface area contributed by atoms with Gasteiger partial charge in [-0.25, -0.2) is 8.42 Å². The van der Waals surface area contributed by atoms with Crippen LogP contribution in [-0.4, -0.2) is 19.9 Å². The predicted octanol–water partition coefficient (Wildman–Crippen LogP) is 1.33. The topological polar surface area (TPSA) is 34.1 Å². The molecule has 3 heteroatoms. The fourth-order valence-corrected chi connectivity index (χ4v) is 5.42. The number of hydrogen-bond acceptors (Lipinski definition) is 2. The summed E-state index contributed by atoms with van der Waals surface area (Å²) in [6.45, 7) is 0. The smallest absolute Gasteiger partial charge is 0.157 e. The van der Waals surface area contributed by atoms with Gasteiger partial charge in [0.1, 0.15) is 0 Å². The second-order valence-electron chi connectivity index (χ2n) is 5.06. The zero-order valence-corrected chi connectivity index (χ0v) is 9.07. The first-order valence-corrected chi connectivity index (χ1v) is 7.27. The molecule has 0 N–H and O–H groups in total.